The molecule has 1 saturated carbocycles. The van der Waals surface area contributed by atoms with E-state index in [4.69, 9.17) is 9.84 Å². The minimum Gasteiger partial charge on any atom is -0.496 e. The molecule has 0 radical (unpaired) electrons. The molecule has 3 nitrogen and oxygen atoms in total. The first-order valence-electron chi connectivity index (χ1n) is 6.81. The molecule has 19 heavy (non-hydrogen) atoms. The number of benzene rings is 1. The summed E-state index contributed by atoms with van der Waals surface area (Å²) in [5, 5.41) is 9.00. The third kappa shape index (κ3) is 2.91. The SMILES string of the molecule is COc1c(C)cc(C)cc1CC(C)C1CC1C(=O)O. The van der Waals surface area contributed by atoms with E-state index in [-0.39, 0.29) is 5.92 Å². The maximum atomic E-state index is 10.9. The van der Waals surface area contributed by atoms with Crippen LogP contribution in [-0.2, 0) is 11.2 Å². The van der Waals surface area contributed by atoms with Gasteiger partial charge in [-0.2, -0.15) is 0 Å². The highest BCUT2D eigenvalue weighted by Crippen LogP contribution is 2.46. The highest BCUT2D eigenvalue weighted by atomic mass is 16.5. The molecule has 3 heteroatoms. The van der Waals surface area contributed by atoms with E-state index in [1.807, 2.05) is 0 Å². The Morgan fingerprint density at radius 2 is 2.16 bits per heavy atom. The molecule has 0 bridgehead atoms. The minimum absolute atomic E-state index is 0.132. The first kappa shape index (κ1) is 13.9. The number of methoxy groups -OCH3 is 1. The van der Waals surface area contributed by atoms with Crippen LogP contribution in [0.25, 0.3) is 0 Å². The van der Waals surface area contributed by atoms with Gasteiger partial charge in [-0.3, -0.25) is 4.79 Å². The van der Waals surface area contributed by atoms with Crippen LogP contribution >= 0.6 is 0 Å². The maximum Gasteiger partial charge on any atom is 0.306 e. The van der Waals surface area contributed by atoms with Gasteiger partial charge in [0.2, 0.25) is 0 Å². The van der Waals surface area contributed by atoms with E-state index in [9.17, 15) is 4.79 Å². The van der Waals surface area contributed by atoms with Crippen LogP contribution in [0, 0.1) is 31.6 Å². The molecule has 0 aromatic heterocycles. The Morgan fingerprint density at radius 1 is 1.47 bits per heavy atom. The Kier molecular flexibility index (Phi) is 3.83. The van der Waals surface area contributed by atoms with Crippen LogP contribution in [0.5, 0.6) is 5.75 Å². The van der Waals surface area contributed by atoms with Gasteiger partial charge >= 0.3 is 5.97 Å². The maximum absolute atomic E-state index is 10.9. The van der Waals surface area contributed by atoms with Crippen molar-refractivity contribution in [2.45, 2.75) is 33.6 Å². The molecule has 1 aliphatic carbocycles. The van der Waals surface area contributed by atoms with Crippen LogP contribution in [0.15, 0.2) is 12.1 Å². The average molecular weight is 262 g/mol. The van der Waals surface area contributed by atoms with Crippen LogP contribution < -0.4 is 4.74 Å². The molecular formula is C16H22O3. The van der Waals surface area contributed by atoms with E-state index in [0.717, 1.165) is 24.2 Å². The highest BCUT2D eigenvalue weighted by molar-refractivity contribution is 5.73. The number of hydrogen-bond donors (Lipinski definition) is 1. The van der Waals surface area contributed by atoms with Gasteiger partial charge in [0.15, 0.2) is 0 Å². The molecule has 0 spiro atoms. The standard InChI is InChI=1S/C16H22O3/c1-9-5-11(3)15(19-4)12(6-9)7-10(2)13-8-14(13)16(17)18/h5-6,10,13-14H,7-8H2,1-4H3,(H,17,18). The monoisotopic (exact) mass is 262 g/mol. The quantitative estimate of drug-likeness (QED) is 0.886. The van der Waals surface area contributed by atoms with E-state index in [1.54, 1.807) is 7.11 Å². The molecule has 0 heterocycles. The van der Waals surface area contributed by atoms with Gasteiger partial charge in [-0.15, -0.1) is 0 Å². The lowest BCUT2D eigenvalue weighted by atomic mass is 9.92. The summed E-state index contributed by atoms with van der Waals surface area (Å²) in [6, 6.07) is 4.27. The molecule has 1 aromatic rings. The number of aliphatic carboxylic acids is 1. The van der Waals surface area contributed by atoms with Gasteiger partial charge in [-0.1, -0.05) is 24.6 Å². The molecule has 1 aliphatic rings. The molecule has 1 N–H and O–H groups in total. The molecule has 1 aromatic carbocycles. The second-order valence-electron chi connectivity index (χ2n) is 5.80. The van der Waals surface area contributed by atoms with Gasteiger partial charge in [0.05, 0.1) is 13.0 Å². The van der Waals surface area contributed by atoms with Gasteiger partial charge in [0.25, 0.3) is 0 Å². The molecule has 0 amide bonds. The summed E-state index contributed by atoms with van der Waals surface area (Å²) in [5.74, 6) is 0.875. The van der Waals surface area contributed by atoms with Gasteiger partial charge in [0, 0.05) is 0 Å². The normalized spacial score (nSPS) is 22.9. The lowest BCUT2D eigenvalue weighted by Gasteiger charge is -2.16. The summed E-state index contributed by atoms with van der Waals surface area (Å²) in [4.78, 5) is 10.9. The van der Waals surface area contributed by atoms with Crippen LogP contribution in [-0.4, -0.2) is 18.2 Å². The summed E-state index contributed by atoms with van der Waals surface area (Å²) in [5.41, 5.74) is 3.57. The fourth-order valence-electron chi connectivity index (χ4n) is 3.11. The number of carboxylic acids is 1. The summed E-state index contributed by atoms with van der Waals surface area (Å²) < 4.78 is 5.49. The highest BCUT2D eigenvalue weighted by Gasteiger charge is 2.46. The van der Waals surface area contributed by atoms with Crippen molar-refractivity contribution in [3.63, 3.8) is 0 Å². The van der Waals surface area contributed by atoms with Gasteiger partial charge in [-0.25, -0.2) is 0 Å². The molecule has 1 fully saturated rings. The number of rotatable bonds is 5. The molecule has 3 atom stereocenters. The fourth-order valence-corrected chi connectivity index (χ4v) is 3.11. The smallest absolute Gasteiger partial charge is 0.306 e. The third-order valence-corrected chi connectivity index (χ3v) is 4.13. The van der Waals surface area contributed by atoms with E-state index in [1.165, 1.54) is 11.1 Å². The second-order valence-corrected chi connectivity index (χ2v) is 5.80. The van der Waals surface area contributed by atoms with Crippen molar-refractivity contribution >= 4 is 5.97 Å². The first-order chi connectivity index (χ1) is 8.93. The van der Waals surface area contributed by atoms with E-state index in [2.05, 4.69) is 32.9 Å². The zero-order valence-corrected chi connectivity index (χ0v) is 12.1. The molecular weight excluding hydrogens is 240 g/mol. The summed E-state index contributed by atoms with van der Waals surface area (Å²) in [6.07, 6.45) is 1.71. The third-order valence-electron chi connectivity index (χ3n) is 4.13. The van der Waals surface area contributed by atoms with Gasteiger partial charge < -0.3 is 9.84 Å². The summed E-state index contributed by atoms with van der Waals surface area (Å²) >= 11 is 0. The Balaban J connectivity index is 2.13. The number of aryl methyl sites for hydroxylation is 2. The topological polar surface area (TPSA) is 46.5 Å². The molecule has 0 aliphatic heterocycles. The van der Waals surface area contributed by atoms with E-state index >= 15 is 0 Å². The van der Waals surface area contributed by atoms with Gasteiger partial charge in [0.1, 0.15) is 5.75 Å². The Labute approximate surface area is 114 Å². The largest absolute Gasteiger partial charge is 0.496 e. The first-order valence-corrected chi connectivity index (χ1v) is 6.81. The number of carboxylic acid groups (broad SMARTS) is 1. The number of hydrogen-bond acceptors (Lipinski definition) is 2. The average Bonchev–Trinajstić information content (AvgIpc) is 3.08. The molecule has 0 saturated heterocycles. The van der Waals surface area contributed by atoms with Crippen LogP contribution in [0.1, 0.15) is 30.0 Å². The van der Waals surface area contributed by atoms with Crippen LogP contribution in [0.4, 0.5) is 0 Å². The number of carbonyl (C=O) groups is 1. The van der Waals surface area contributed by atoms with Gasteiger partial charge in [-0.05, 0) is 49.7 Å². The summed E-state index contributed by atoms with van der Waals surface area (Å²) in [7, 11) is 1.70. The van der Waals surface area contributed by atoms with Crippen molar-refractivity contribution in [2.24, 2.45) is 17.8 Å². The number of ether oxygens (including phenoxy) is 1. The lowest BCUT2D eigenvalue weighted by Crippen LogP contribution is -2.09. The lowest BCUT2D eigenvalue weighted by molar-refractivity contribution is -0.139. The van der Waals surface area contributed by atoms with E-state index in [0.29, 0.717) is 11.8 Å². The second kappa shape index (κ2) is 5.24. The van der Waals surface area contributed by atoms with Crippen LogP contribution in [0.2, 0.25) is 0 Å². The zero-order valence-electron chi connectivity index (χ0n) is 12.1. The fraction of sp³-hybridized carbons (Fsp3) is 0.562. The van der Waals surface area contributed by atoms with Crippen molar-refractivity contribution in [3.05, 3.63) is 28.8 Å². The van der Waals surface area contributed by atoms with Crippen molar-refractivity contribution in [2.75, 3.05) is 7.11 Å². The molecule has 2 rings (SSSR count). The Morgan fingerprint density at radius 3 is 2.68 bits per heavy atom. The Bertz CT molecular complexity index is 493. The van der Waals surface area contributed by atoms with Crippen LogP contribution in [0.3, 0.4) is 0 Å². The van der Waals surface area contributed by atoms with Crippen molar-refractivity contribution in [3.8, 4) is 5.75 Å². The molecule has 104 valence electrons. The summed E-state index contributed by atoms with van der Waals surface area (Å²) in [6.45, 7) is 6.28. The predicted octanol–water partition coefficient (Wildman–Crippen LogP) is 3.21. The zero-order chi connectivity index (χ0) is 14.2. The van der Waals surface area contributed by atoms with Crippen molar-refractivity contribution in [1.29, 1.82) is 0 Å². The van der Waals surface area contributed by atoms with Crippen molar-refractivity contribution < 1.29 is 14.6 Å². The Hall–Kier alpha value is -1.51. The molecule has 3 unspecified atom stereocenters. The van der Waals surface area contributed by atoms with Crippen molar-refractivity contribution in [1.82, 2.24) is 0 Å². The predicted molar refractivity (Wildman–Crippen MR) is 74.6 cm³/mol. The minimum atomic E-state index is -0.649. The van der Waals surface area contributed by atoms with E-state index < -0.39 is 5.97 Å².